The van der Waals surface area contributed by atoms with Gasteiger partial charge in [0.05, 0.1) is 27.8 Å². The molecular formula is C19H26O7. The molecule has 0 radical (unpaired) electrons. The van der Waals surface area contributed by atoms with E-state index in [1.807, 2.05) is 19.1 Å². The van der Waals surface area contributed by atoms with Crippen molar-refractivity contribution in [3.63, 3.8) is 0 Å². The van der Waals surface area contributed by atoms with Gasteiger partial charge in [0.1, 0.15) is 5.75 Å². The largest absolute Gasteiger partial charge is 0.496 e. The molecule has 0 saturated heterocycles. The van der Waals surface area contributed by atoms with Crippen LogP contribution in [-0.2, 0) is 35.0 Å². The Hall–Kier alpha value is -2.57. The normalized spacial score (nSPS) is 11.4. The van der Waals surface area contributed by atoms with Crippen LogP contribution in [0.15, 0.2) is 18.2 Å². The molecule has 0 heterocycles. The monoisotopic (exact) mass is 366 g/mol. The Bertz CT molecular complexity index is 624. The second-order valence-corrected chi connectivity index (χ2v) is 5.79. The molecule has 0 bridgehead atoms. The predicted molar refractivity (Wildman–Crippen MR) is 93.8 cm³/mol. The van der Waals surface area contributed by atoms with Gasteiger partial charge in [0.25, 0.3) is 0 Å². The Labute approximate surface area is 153 Å². The van der Waals surface area contributed by atoms with Crippen LogP contribution in [0.5, 0.6) is 5.75 Å². The van der Waals surface area contributed by atoms with Crippen LogP contribution in [0.25, 0.3) is 0 Å². The van der Waals surface area contributed by atoms with Gasteiger partial charge in [0, 0.05) is 6.42 Å². The van der Waals surface area contributed by atoms with Crippen LogP contribution in [0.4, 0.5) is 0 Å². The van der Waals surface area contributed by atoms with E-state index in [0.717, 1.165) is 36.8 Å². The maximum atomic E-state index is 11.9. The van der Waals surface area contributed by atoms with Gasteiger partial charge in [-0.15, -0.1) is 0 Å². The van der Waals surface area contributed by atoms with Crippen LogP contribution in [0.1, 0.15) is 36.8 Å². The summed E-state index contributed by atoms with van der Waals surface area (Å²) in [5.41, 5.74) is 2.22. The highest BCUT2D eigenvalue weighted by Gasteiger charge is 2.27. The fraction of sp³-hybridized carbons (Fsp3) is 0.526. The number of esters is 3. The summed E-state index contributed by atoms with van der Waals surface area (Å²) in [4.78, 5) is 34.8. The topological polar surface area (TPSA) is 88.1 Å². The van der Waals surface area contributed by atoms with Crippen molar-refractivity contribution in [1.29, 1.82) is 0 Å². The summed E-state index contributed by atoms with van der Waals surface area (Å²) >= 11 is 0. The van der Waals surface area contributed by atoms with Crippen molar-refractivity contribution in [3.8, 4) is 5.75 Å². The lowest BCUT2D eigenvalue weighted by Gasteiger charge is -2.14. The van der Waals surface area contributed by atoms with Crippen LogP contribution < -0.4 is 4.74 Å². The van der Waals surface area contributed by atoms with Gasteiger partial charge in [-0.25, -0.2) is 4.79 Å². The van der Waals surface area contributed by atoms with Crippen LogP contribution in [0, 0.1) is 6.92 Å². The highest BCUT2D eigenvalue weighted by atomic mass is 16.6. The molecule has 1 unspecified atom stereocenters. The summed E-state index contributed by atoms with van der Waals surface area (Å²) in [5, 5.41) is 0. The zero-order valence-corrected chi connectivity index (χ0v) is 15.7. The van der Waals surface area contributed by atoms with Crippen LogP contribution in [0.2, 0.25) is 0 Å². The van der Waals surface area contributed by atoms with E-state index < -0.39 is 24.0 Å². The van der Waals surface area contributed by atoms with E-state index >= 15 is 0 Å². The fourth-order valence-electron chi connectivity index (χ4n) is 2.45. The maximum absolute atomic E-state index is 11.9. The Morgan fingerprint density at radius 1 is 1.00 bits per heavy atom. The lowest BCUT2D eigenvalue weighted by molar-refractivity contribution is -0.169. The lowest BCUT2D eigenvalue weighted by Crippen LogP contribution is -2.31. The quantitative estimate of drug-likeness (QED) is 0.357. The molecule has 0 aromatic heterocycles. The van der Waals surface area contributed by atoms with Crippen LogP contribution >= 0.6 is 0 Å². The van der Waals surface area contributed by atoms with E-state index in [0.29, 0.717) is 6.42 Å². The molecule has 0 fully saturated rings. The van der Waals surface area contributed by atoms with Crippen molar-refractivity contribution in [2.45, 2.75) is 45.1 Å². The van der Waals surface area contributed by atoms with Gasteiger partial charge in [-0.05, 0) is 43.4 Å². The zero-order valence-electron chi connectivity index (χ0n) is 15.7. The second-order valence-electron chi connectivity index (χ2n) is 5.79. The number of hydrogen-bond acceptors (Lipinski definition) is 7. The molecule has 1 aromatic rings. The summed E-state index contributed by atoms with van der Waals surface area (Å²) < 4.78 is 19.3. The van der Waals surface area contributed by atoms with E-state index in [-0.39, 0.29) is 12.8 Å². The third kappa shape index (κ3) is 7.13. The first-order valence-electron chi connectivity index (χ1n) is 8.38. The molecule has 26 heavy (non-hydrogen) atoms. The van der Waals surface area contributed by atoms with Gasteiger partial charge in [-0.3, -0.25) is 9.59 Å². The molecule has 1 aromatic carbocycles. The molecule has 0 amide bonds. The molecule has 0 aliphatic rings. The Balaban J connectivity index is 2.41. The number of ether oxygens (including phenoxy) is 4. The predicted octanol–water partition coefficient (Wildman–Crippen LogP) is 2.36. The Morgan fingerprint density at radius 3 is 2.31 bits per heavy atom. The molecule has 0 aliphatic heterocycles. The molecule has 144 valence electrons. The minimum atomic E-state index is -1.27. The van der Waals surface area contributed by atoms with E-state index in [4.69, 9.17) is 9.47 Å². The summed E-state index contributed by atoms with van der Waals surface area (Å²) in [7, 11) is 3.99. The maximum Gasteiger partial charge on any atom is 0.347 e. The van der Waals surface area contributed by atoms with Gasteiger partial charge >= 0.3 is 17.9 Å². The SMILES string of the molecule is COC(=O)CC(OC(=O)CCCCc1ccc(OC)c(C)c1)C(=O)OC. The summed E-state index contributed by atoms with van der Waals surface area (Å²) in [6, 6.07) is 5.97. The molecular weight excluding hydrogens is 340 g/mol. The molecule has 0 saturated carbocycles. The number of unbranched alkanes of at least 4 members (excludes halogenated alkanes) is 1. The second kappa shape index (κ2) is 11.1. The highest BCUT2D eigenvalue weighted by molar-refractivity contribution is 5.84. The summed E-state index contributed by atoms with van der Waals surface area (Å²) in [5.74, 6) is -1.13. The van der Waals surface area contributed by atoms with Gasteiger partial charge in [0.2, 0.25) is 6.10 Å². The average Bonchev–Trinajstić information content (AvgIpc) is 2.64. The molecule has 7 nitrogen and oxygen atoms in total. The van der Waals surface area contributed by atoms with Gasteiger partial charge < -0.3 is 18.9 Å². The van der Waals surface area contributed by atoms with Gasteiger partial charge in [-0.1, -0.05) is 12.1 Å². The third-order valence-corrected chi connectivity index (χ3v) is 3.87. The van der Waals surface area contributed by atoms with E-state index in [1.165, 1.54) is 7.11 Å². The van der Waals surface area contributed by atoms with Gasteiger partial charge in [-0.2, -0.15) is 0 Å². The molecule has 1 rings (SSSR count). The molecule has 1 atom stereocenters. The number of methoxy groups -OCH3 is 3. The molecule has 0 N–H and O–H groups in total. The van der Waals surface area contributed by atoms with Crippen molar-refractivity contribution in [1.82, 2.24) is 0 Å². The molecule has 0 aliphatic carbocycles. The number of benzene rings is 1. The average molecular weight is 366 g/mol. The summed E-state index contributed by atoms with van der Waals surface area (Å²) in [6.07, 6.45) is 0.741. The highest BCUT2D eigenvalue weighted by Crippen LogP contribution is 2.19. The Kier molecular flexibility index (Phi) is 9.19. The van der Waals surface area contributed by atoms with E-state index in [9.17, 15) is 14.4 Å². The van der Waals surface area contributed by atoms with Crippen molar-refractivity contribution < 1.29 is 33.3 Å². The van der Waals surface area contributed by atoms with Crippen molar-refractivity contribution in [3.05, 3.63) is 29.3 Å². The van der Waals surface area contributed by atoms with Crippen molar-refractivity contribution in [2.75, 3.05) is 21.3 Å². The molecule has 7 heteroatoms. The lowest BCUT2D eigenvalue weighted by atomic mass is 10.0. The van der Waals surface area contributed by atoms with E-state index in [2.05, 4.69) is 15.5 Å². The molecule has 0 spiro atoms. The van der Waals surface area contributed by atoms with E-state index in [1.54, 1.807) is 7.11 Å². The minimum Gasteiger partial charge on any atom is -0.496 e. The van der Waals surface area contributed by atoms with Crippen molar-refractivity contribution in [2.24, 2.45) is 0 Å². The number of carbonyl (C=O) groups is 3. The summed E-state index contributed by atoms with van der Waals surface area (Å²) in [6.45, 7) is 1.98. The van der Waals surface area contributed by atoms with Gasteiger partial charge in [0.15, 0.2) is 0 Å². The standard InChI is InChI=1S/C19H26O7/c1-13-11-14(9-10-15(13)23-2)7-5-6-8-17(20)26-16(19(22)25-4)12-18(21)24-3/h9-11,16H,5-8,12H2,1-4H3. The minimum absolute atomic E-state index is 0.157. The number of hydrogen-bond donors (Lipinski definition) is 0. The smallest absolute Gasteiger partial charge is 0.347 e. The first-order chi connectivity index (χ1) is 12.4. The van der Waals surface area contributed by atoms with Crippen LogP contribution in [0.3, 0.4) is 0 Å². The van der Waals surface area contributed by atoms with Crippen molar-refractivity contribution >= 4 is 17.9 Å². The fourth-order valence-corrected chi connectivity index (χ4v) is 2.45. The first-order valence-corrected chi connectivity index (χ1v) is 8.38. The number of rotatable bonds is 10. The first kappa shape index (κ1) is 21.5. The van der Waals surface area contributed by atoms with Crippen LogP contribution in [-0.4, -0.2) is 45.3 Å². The Morgan fingerprint density at radius 2 is 1.73 bits per heavy atom. The number of carbonyl (C=O) groups excluding carboxylic acids is 3. The number of aryl methyl sites for hydroxylation is 2. The zero-order chi connectivity index (χ0) is 19.5. The third-order valence-electron chi connectivity index (χ3n) is 3.87.